The third-order valence-corrected chi connectivity index (χ3v) is 6.09. The molecule has 0 bridgehead atoms. The van der Waals surface area contributed by atoms with Crippen LogP contribution >= 0.6 is 11.8 Å². The van der Waals surface area contributed by atoms with E-state index in [-0.39, 0.29) is 17.8 Å². The third-order valence-electron chi connectivity index (χ3n) is 5.08. The number of fused-ring (bicyclic) bond motifs is 1. The van der Waals surface area contributed by atoms with Crippen LogP contribution in [0.4, 0.5) is 9.18 Å². The predicted molar refractivity (Wildman–Crippen MR) is 119 cm³/mol. The van der Waals surface area contributed by atoms with Crippen molar-refractivity contribution in [2.75, 3.05) is 25.4 Å². The summed E-state index contributed by atoms with van der Waals surface area (Å²) >= 11 is 1.57. The van der Waals surface area contributed by atoms with Crippen molar-refractivity contribution in [1.82, 2.24) is 15.5 Å². The molecule has 2 aromatic rings. The molecule has 1 heterocycles. The summed E-state index contributed by atoms with van der Waals surface area (Å²) < 4.78 is 13.5. The Hall–Kier alpha value is -2.54. The number of rotatable bonds is 9. The van der Waals surface area contributed by atoms with Gasteiger partial charge in [0.2, 0.25) is 5.91 Å². The molecule has 0 unspecified atom stereocenters. The lowest BCUT2D eigenvalue weighted by molar-refractivity contribution is -0.132. The molecule has 0 fully saturated rings. The fraction of sp³-hybridized carbons (Fsp3) is 0.391. The highest BCUT2D eigenvalue weighted by atomic mass is 32.2. The van der Waals surface area contributed by atoms with Crippen molar-refractivity contribution in [2.45, 2.75) is 31.6 Å². The minimum absolute atomic E-state index is 0.135. The number of halogens is 1. The van der Waals surface area contributed by atoms with Crippen LogP contribution in [0.1, 0.15) is 29.5 Å². The lowest BCUT2D eigenvalue weighted by Crippen LogP contribution is -2.38. The van der Waals surface area contributed by atoms with E-state index in [4.69, 9.17) is 0 Å². The molecule has 7 heteroatoms. The smallest absolute Gasteiger partial charge is 0.314 e. The number of nitrogens with one attached hydrogen (secondary N) is 2. The molecular weight excluding hydrogens is 401 g/mol. The molecule has 2 N–H and O–H groups in total. The van der Waals surface area contributed by atoms with Gasteiger partial charge in [-0.3, -0.25) is 4.79 Å². The molecule has 30 heavy (non-hydrogen) atoms. The zero-order chi connectivity index (χ0) is 21.2. The molecule has 0 saturated heterocycles. The summed E-state index contributed by atoms with van der Waals surface area (Å²) in [5.74, 6) is 1.23. The second-order valence-corrected chi connectivity index (χ2v) is 8.37. The number of hydrogen-bond acceptors (Lipinski definition) is 3. The number of carbonyl (C=O) groups is 2. The SMILES string of the molecule is O=C(NCCCC(=O)N1CCc2ccccc2C1)NCCSCc1ccccc1F. The van der Waals surface area contributed by atoms with Gasteiger partial charge in [-0.1, -0.05) is 42.5 Å². The topological polar surface area (TPSA) is 61.4 Å². The van der Waals surface area contributed by atoms with Gasteiger partial charge in [-0.05, 0) is 35.6 Å². The standard InChI is InChI=1S/C23H28FN3O2S/c24-21-9-4-3-8-20(21)17-30-15-13-26-23(29)25-12-5-10-22(28)27-14-11-18-6-1-2-7-19(18)16-27/h1-4,6-9H,5,10-17H2,(H2,25,26,29). The van der Waals surface area contributed by atoms with Gasteiger partial charge in [-0.25, -0.2) is 9.18 Å². The van der Waals surface area contributed by atoms with Gasteiger partial charge in [-0.15, -0.1) is 0 Å². The maximum absolute atomic E-state index is 13.5. The molecule has 0 saturated carbocycles. The summed E-state index contributed by atoms with van der Waals surface area (Å²) in [6.07, 6.45) is 1.95. The van der Waals surface area contributed by atoms with Crippen molar-refractivity contribution in [3.05, 3.63) is 71.0 Å². The van der Waals surface area contributed by atoms with Crippen LogP contribution in [0.15, 0.2) is 48.5 Å². The molecule has 1 aliphatic heterocycles. The van der Waals surface area contributed by atoms with Crippen LogP contribution in [-0.4, -0.2) is 42.2 Å². The fourth-order valence-corrected chi connectivity index (χ4v) is 4.25. The van der Waals surface area contributed by atoms with Gasteiger partial charge in [0, 0.05) is 44.1 Å². The van der Waals surface area contributed by atoms with Crippen LogP contribution in [0, 0.1) is 5.82 Å². The van der Waals surface area contributed by atoms with E-state index in [1.54, 1.807) is 23.9 Å². The lowest BCUT2D eigenvalue weighted by atomic mass is 9.99. The first-order chi connectivity index (χ1) is 14.6. The summed E-state index contributed by atoms with van der Waals surface area (Å²) in [5, 5.41) is 5.57. The van der Waals surface area contributed by atoms with Gasteiger partial charge in [0.1, 0.15) is 5.82 Å². The summed E-state index contributed by atoms with van der Waals surface area (Å²) in [6.45, 7) is 2.41. The Morgan fingerprint density at radius 3 is 2.57 bits per heavy atom. The highest BCUT2D eigenvalue weighted by Gasteiger charge is 2.19. The largest absolute Gasteiger partial charge is 0.338 e. The van der Waals surface area contributed by atoms with E-state index in [0.29, 0.717) is 49.5 Å². The fourth-order valence-electron chi connectivity index (χ4n) is 3.41. The normalized spacial score (nSPS) is 12.9. The molecule has 0 aromatic heterocycles. The average molecular weight is 430 g/mol. The Kier molecular flexibility index (Phi) is 8.56. The molecular formula is C23H28FN3O2S. The second kappa shape index (κ2) is 11.6. The first-order valence-electron chi connectivity index (χ1n) is 10.3. The van der Waals surface area contributed by atoms with Crippen LogP contribution in [0.2, 0.25) is 0 Å². The molecule has 5 nitrogen and oxygen atoms in total. The maximum atomic E-state index is 13.5. The van der Waals surface area contributed by atoms with Crippen molar-refractivity contribution in [3.8, 4) is 0 Å². The van der Waals surface area contributed by atoms with Crippen LogP contribution in [0.25, 0.3) is 0 Å². The average Bonchev–Trinajstić information content (AvgIpc) is 2.77. The van der Waals surface area contributed by atoms with Gasteiger partial charge in [0.25, 0.3) is 0 Å². The van der Waals surface area contributed by atoms with Gasteiger partial charge >= 0.3 is 6.03 Å². The second-order valence-electron chi connectivity index (χ2n) is 7.26. The summed E-state index contributed by atoms with van der Waals surface area (Å²) in [6, 6.07) is 14.7. The van der Waals surface area contributed by atoms with Crippen molar-refractivity contribution >= 4 is 23.7 Å². The monoisotopic (exact) mass is 429 g/mol. The zero-order valence-electron chi connectivity index (χ0n) is 17.0. The molecule has 3 amide bonds. The van der Waals surface area contributed by atoms with Gasteiger partial charge in [0.15, 0.2) is 0 Å². The quantitative estimate of drug-likeness (QED) is 0.597. The van der Waals surface area contributed by atoms with Crippen molar-refractivity contribution in [2.24, 2.45) is 0 Å². The minimum Gasteiger partial charge on any atom is -0.338 e. The van der Waals surface area contributed by atoms with E-state index < -0.39 is 0 Å². The van der Waals surface area contributed by atoms with Crippen LogP contribution in [-0.2, 0) is 23.5 Å². The first-order valence-corrected chi connectivity index (χ1v) is 11.5. The Labute approximate surface area is 181 Å². The van der Waals surface area contributed by atoms with E-state index >= 15 is 0 Å². The van der Waals surface area contributed by atoms with Gasteiger partial charge in [0.05, 0.1) is 0 Å². The van der Waals surface area contributed by atoms with Crippen molar-refractivity contribution in [1.29, 1.82) is 0 Å². The van der Waals surface area contributed by atoms with Gasteiger partial charge < -0.3 is 15.5 Å². The van der Waals surface area contributed by atoms with Gasteiger partial charge in [-0.2, -0.15) is 11.8 Å². The lowest BCUT2D eigenvalue weighted by Gasteiger charge is -2.29. The molecule has 0 spiro atoms. The Morgan fingerprint density at radius 2 is 1.73 bits per heavy atom. The minimum atomic E-state index is -0.235. The van der Waals surface area contributed by atoms with E-state index in [2.05, 4.69) is 22.8 Å². The summed E-state index contributed by atoms with van der Waals surface area (Å²) in [5.41, 5.74) is 3.23. The number of benzene rings is 2. The first kappa shape index (κ1) is 22.2. The van der Waals surface area contributed by atoms with Crippen LogP contribution in [0.3, 0.4) is 0 Å². The Bertz CT molecular complexity index is 862. The summed E-state index contributed by atoms with van der Waals surface area (Å²) in [4.78, 5) is 26.1. The number of thioether (sulfide) groups is 1. The zero-order valence-corrected chi connectivity index (χ0v) is 17.8. The number of hydrogen-bond donors (Lipinski definition) is 2. The third kappa shape index (κ3) is 6.76. The maximum Gasteiger partial charge on any atom is 0.314 e. The van der Waals surface area contributed by atoms with Crippen LogP contribution < -0.4 is 10.6 Å². The number of urea groups is 1. The number of amides is 3. The molecule has 0 radical (unpaired) electrons. The van der Waals surface area contributed by atoms with Crippen molar-refractivity contribution in [3.63, 3.8) is 0 Å². The highest BCUT2D eigenvalue weighted by Crippen LogP contribution is 2.19. The molecule has 0 aliphatic carbocycles. The van der Waals surface area contributed by atoms with E-state index in [1.165, 1.54) is 17.2 Å². The highest BCUT2D eigenvalue weighted by molar-refractivity contribution is 7.98. The van der Waals surface area contributed by atoms with E-state index in [0.717, 1.165) is 13.0 Å². The molecule has 0 atom stereocenters. The van der Waals surface area contributed by atoms with Crippen LogP contribution in [0.5, 0.6) is 0 Å². The molecule has 1 aliphatic rings. The van der Waals surface area contributed by atoms with E-state index in [9.17, 15) is 14.0 Å². The van der Waals surface area contributed by atoms with E-state index in [1.807, 2.05) is 23.1 Å². The summed E-state index contributed by atoms with van der Waals surface area (Å²) in [7, 11) is 0. The Balaban J connectivity index is 1.23. The molecule has 2 aromatic carbocycles. The van der Waals surface area contributed by atoms with Crippen molar-refractivity contribution < 1.29 is 14.0 Å². The number of nitrogens with zero attached hydrogens (tertiary/aromatic N) is 1. The Morgan fingerprint density at radius 1 is 1.00 bits per heavy atom. The molecule has 3 rings (SSSR count). The predicted octanol–water partition coefficient (Wildman–Crippen LogP) is 3.72. The molecule has 160 valence electrons. The number of carbonyl (C=O) groups excluding carboxylic acids is 2.